The second-order valence-corrected chi connectivity index (χ2v) is 7.13. The first-order valence-corrected chi connectivity index (χ1v) is 8.63. The van der Waals surface area contributed by atoms with Crippen LogP contribution in [0, 0.1) is 17.8 Å². The number of hydrogen-bond donors (Lipinski definition) is 1. The minimum Gasteiger partial charge on any atom is -0.342 e. The second kappa shape index (κ2) is 5.52. The smallest absolute Gasteiger partial charge is 0.224 e. The fourth-order valence-electron chi connectivity index (χ4n) is 4.39. The number of carbonyl (C=O) groups excluding carboxylic acids is 1. The van der Waals surface area contributed by atoms with E-state index < -0.39 is 5.54 Å². The largest absolute Gasteiger partial charge is 0.342 e. The summed E-state index contributed by atoms with van der Waals surface area (Å²) in [5.41, 5.74) is 1.78. The molecule has 2 fully saturated rings. The van der Waals surface area contributed by atoms with Gasteiger partial charge >= 0.3 is 0 Å². The summed E-state index contributed by atoms with van der Waals surface area (Å²) in [5.74, 6) is 1.77. The van der Waals surface area contributed by atoms with Crippen molar-refractivity contribution in [3.8, 4) is 0 Å². The predicted molar refractivity (Wildman–Crippen MR) is 91.8 cm³/mol. The van der Waals surface area contributed by atoms with Crippen molar-refractivity contribution in [1.29, 1.82) is 0 Å². The van der Waals surface area contributed by atoms with Crippen LogP contribution in [0.5, 0.6) is 0 Å². The summed E-state index contributed by atoms with van der Waals surface area (Å²) in [6.07, 6.45) is 3.76. The monoisotopic (exact) mass is 305 g/mol. The van der Waals surface area contributed by atoms with Gasteiger partial charge in [0.15, 0.2) is 0 Å². The average Bonchev–Trinajstić information content (AvgIpc) is 3.09. The van der Waals surface area contributed by atoms with Crippen LogP contribution in [-0.2, 0) is 10.3 Å². The number of amides is 1. The van der Waals surface area contributed by atoms with Gasteiger partial charge in [-0.3, -0.25) is 4.79 Å². The number of hydrogen-bond acceptors (Lipinski definition) is 1. The van der Waals surface area contributed by atoms with Crippen molar-refractivity contribution in [2.45, 2.75) is 31.7 Å². The van der Waals surface area contributed by atoms with Gasteiger partial charge in [0.25, 0.3) is 0 Å². The third-order valence-corrected chi connectivity index (χ3v) is 5.78. The Bertz CT molecular complexity index is 645. The Hall–Kier alpha value is -2.09. The molecule has 2 aliphatic rings. The van der Waals surface area contributed by atoms with Gasteiger partial charge in [-0.05, 0) is 42.7 Å². The van der Waals surface area contributed by atoms with E-state index in [-0.39, 0.29) is 11.8 Å². The summed E-state index contributed by atoms with van der Waals surface area (Å²) in [6, 6.07) is 20.6. The average molecular weight is 305 g/mol. The number of benzene rings is 2. The summed E-state index contributed by atoms with van der Waals surface area (Å²) >= 11 is 0. The number of nitrogens with one attached hydrogen (secondary N) is 1. The van der Waals surface area contributed by atoms with Crippen molar-refractivity contribution in [1.82, 2.24) is 5.32 Å². The third kappa shape index (κ3) is 2.46. The molecular formula is C21H23NO. The van der Waals surface area contributed by atoms with Gasteiger partial charge in [-0.1, -0.05) is 67.1 Å². The Morgan fingerprint density at radius 2 is 1.39 bits per heavy atom. The zero-order chi connectivity index (χ0) is 15.9. The van der Waals surface area contributed by atoms with Crippen molar-refractivity contribution in [3.63, 3.8) is 0 Å². The molecular weight excluding hydrogens is 282 g/mol. The van der Waals surface area contributed by atoms with Crippen molar-refractivity contribution in [2.24, 2.45) is 17.8 Å². The highest BCUT2D eigenvalue weighted by Gasteiger charge is 2.57. The van der Waals surface area contributed by atoms with E-state index in [1.54, 1.807) is 0 Å². The Balaban J connectivity index is 1.65. The highest BCUT2D eigenvalue weighted by atomic mass is 16.2. The lowest BCUT2D eigenvalue weighted by Gasteiger charge is -2.32. The molecule has 0 aliphatic heterocycles. The fraction of sp³-hybridized carbons (Fsp3) is 0.381. The van der Waals surface area contributed by atoms with E-state index in [1.165, 1.54) is 19.3 Å². The molecule has 0 aromatic heterocycles. The van der Waals surface area contributed by atoms with Crippen LogP contribution in [-0.4, -0.2) is 5.91 Å². The highest BCUT2D eigenvalue weighted by Crippen LogP contribution is 2.57. The molecule has 2 nitrogen and oxygen atoms in total. The van der Waals surface area contributed by atoms with E-state index in [4.69, 9.17) is 0 Å². The zero-order valence-electron chi connectivity index (χ0n) is 13.5. The summed E-state index contributed by atoms with van der Waals surface area (Å²) in [5, 5.41) is 3.38. The lowest BCUT2D eigenvalue weighted by molar-refractivity contribution is -0.124. The van der Waals surface area contributed by atoms with Crippen LogP contribution >= 0.6 is 0 Å². The first kappa shape index (κ1) is 14.5. The van der Waals surface area contributed by atoms with Crippen LogP contribution in [0.4, 0.5) is 0 Å². The minimum atomic E-state index is -0.476. The summed E-state index contributed by atoms with van der Waals surface area (Å²) in [7, 11) is 0. The molecule has 2 aromatic rings. The van der Waals surface area contributed by atoms with Crippen LogP contribution in [0.1, 0.15) is 37.3 Å². The zero-order valence-corrected chi connectivity index (χ0v) is 13.5. The summed E-state index contributed by atoms with van der Waals surface area (Å²) in [6.45, 7) is 2.12. The van der Waals surface area contributed by atoms with Gasteiger partial charge in [-0.2, -0.15) is 0 Å². The van der Waals surface area contributed by atoms with Crippen molar-refractivity contribution in [3.05, 3.63) is 71.8 Å². The van der Waals surface area contributed by atoms with Crippen LogP contribution in [0.3, 0.4) is 0 Å². The first-order valence-electron chi connectivity index (χ1n) is 8.63. The number of fused-ring (bicyclic) bond motifs is 1. The number of carbonyl (C=O) groups is 1. The van der Waals surface area contributed by atoms with Crippen molar-refractivity contribution in [2.75, 3.05) is 0 Å². The van der Waals surface area contributed by atoms with E-state index in [2.05, 4.69) is 36.5 Å². The molecule has 2 aromatic carbocycles. The van der Waals surface area contributed by atoms with Gasteiger partial charge in [0.1, 0.15) is 0 Å². The molecule has 0 radical (unpaired) electrons. The lowest BCUT2D eigenvalue weighted by atomic mass is 9.84. The molecule has 23 heavy (non-hydrogen) atoms. The molecule has 1 amide bonds. The summed E-state index contributed by atoms with van der Waals surface area (Å²) in [4.78, 5) is 12.9. The molecule has 4 rings (SSSR count). The molecule has 1 N–H and O–H groups in total. The van der Waals surface area contributed by atoms with E-state index in [1.807, 2.05) is 36.4 Å². The van der Waals surface area contributed by atoms with Gasteiger partial charge < -0.3 is 5.32 Å². The topological polar surface area (TPSA) is 29.1 Å². The molecule has 118 valence electrons. The van der Waals surface area contributed by atoms with Crippen LogP contribution < -0.4 is 5.32 Å². The maximum Gasteiger partial charge on any atom is 0.224 e. The summed E-state index contributed by atoms with van der Waals surface area (Å²) < 4.78 is 0. The molecule has 0 saturated heterocycles. The Kier molecular flexibility index (Phi) is 3.48. The van der Waals surface area contributed by atoms with E-state index in [0.29, 0.717) is 11.8 Å². The highest BCUT2D eigenvalue weighted by molar-refractivity contribution is 5.83. The quantitative estimate of drug-likeness (QED) is 0.905. The molecule has 0 unspecified atom stereocenters. The Morgan fingerprint density at radius 1 is 0.913 bits per heavy atom. The van der Waals surface area contributed by atoms with Gasteiger partial charge in [-0.25, -0.2) is 0 Å². The van der Waals surface area contributed by atoms with Gasteiger partial charge in [0, 0.05) is 5.92 Å². The SMILES string of the molecule is CC(NC(=O)C1[C@@H]2CCC[C@@H]12)(c1ccccc1)c1ccccc1. The van der Waals surface area contributed by atoms with Crippen LogP contribution in [0.2, 0.25) is 0 Å². The van der Waals surface area contributed by atoms with Crippen LogP contribution in [0.25, 0.3) is 0 Å². The van der Waals surface area contributed by atoms with E-state index in [9.17, 15) is 4.79 Å². The Morgan fingerprint density at radius 3 is 1.87 bits per heavy atom. The normalized spacial score (nSPS) is 25.7. The predicted octanol–water partition coefficient (Wildman–Crippen LogP) is 4.11. The van der Waals surface area contributed by atoms with Crippen LogP contribution in [0.15, 0.2) is 60.7 Å². The second-order valence-electron chi connectivity index (χ2n) is 7.13. The molecule has 2 heteroatoms. The molecule has 0 bridgehead atoms. The maximum absolute atomic E-state index is 12.9. The van der Waals surface area contributed by atoms with Crippen molar-refractivity contribution < 1.29 is 4.79 Å². The third-order valence-electron chi connectivity index (χ3n) is 5.78. The lowest BCUT2D eigenvalue weighted by Crippen LogP contribution is -2.45. The number of rotatable bonds is 4. The molecule has 0 spiro atoms. The molecule has 2 saturated carbocycles. The maximum atomic E-state index is 12.9. The van der Waals surface area contributed by atoms with Gasteiger partial charge in [0.2, 0.25) is 5.91 Å². The standard InChI is InChI=1S/C21H23NO/c1-21(15-9-4-2-5-10-15,16-11-6-3-7-12-16)22-20(23)19-17-13-8-14-18(17)19/h2-7,9-12,17-19H,8,13-14H2,1H3,(H,22,23)/t17-,18-/m1/s1. The Labute approximate surface area is 137 Å². The fourth-order valence-corrected chi connectivity index (χ4v) is 4.39. The van der Waals surface area contributed by atoms with Gasteiger partial charge in [0.05, 0.1) is 5.54 Å². The first-order chi connectivity index (χ1) is 11.2. The molecule has 2 atom stereocenters. The molecule has 0 heterocycles. The minimum absolute atomic E-state index is 0.231. The van der Waals surface area contributed by atoms with Gasteiger partial charge in [-0.15, -0.1) is 0 Å². The van der Waals surface area contributed by atoms with Crippen molar-refractivity contribution >= 4 is 5.91 Å². The van der Waals surface area contributed by atoms with E-state index >= 15 is 0 Å². The van der Waals surface area contributed by atoms with E-state index in [0.717, 1.165) is 11.1 Å². The molecule has 2 aliphatic carbocycles.